The standard InChI is InChI=1S/C9H9BrO2/c10-9-6-8(12)4-3-7(9)2-1-5-11/h3-6,12H,1-2H2. The molecule has 0 unspecified atom stereocenters. The van der Waals surface area contributed by atoms with Crippen LogP contribution < -0.4 is 0 Å². The molecule has 0 fully saturated rings. The van der Waals surface area contributed by atoms with Gasteiger partial charge in [0.05, 0.1) is 0 Å². The fourth-order valence-corrected chi connectivity index (χ4v) is 1.52. The van der Waals surface area contributed by atoms with E-state index in [1.165, 1.54) is 0 Å². The predicted molar refractivity (Wildman–Crippen MR) is 50.2 cm³/mol. The average Bonchev–Trinajstić information content (AvgIpc) is 2.03. The Kier molecular flexibility index (Phi) is 3.29. The van der Waals surface area contributed by atoms with Crippen LogP contribution in [0.3, 0.4) is 0 Å². The van der Waals surface area contributed by atoms with Gasteiger partial charge in [0.25, 0.3) is 0 Å². The zero-order chi connectivity index (χ0) is 8.97. The number of benzene rings is 1. The summed E-state index contributed by atoms with van der Waals surface area (Å²) >= 11 is 3.30. The molecule has 0 saturated heterocycles. The third-order valence-electron chi connectivity index (χ3n) is 1.57. The van der Waals surface area contributed by atoms with Gasteiger partial charge in [-0.25, -0.2) is 0 Å². The Hall–Kier alpha value is -0.830. The van der Waals surface area contributed by atoms with E-state index in [-0.39, 0.29) is 5.75 Å². The lowest BCUT2D eigenvalue weighted by atomic mass is 10.1. The van der Waals surface area contributed by atoms with Crippen LogP contribution in [0, 0.1) is 0 Å². The van der Waals surface area contributed by atoms with E-state index in [4.69, 9.17) is 5.11 Å². The molecule has 0 aliphatic carbocycles. The molecule has 64 valence electrons. The molecule has 0 bridgehead atoms. The molecule has 0 saturated carbocycles. The van der Waals surface area contributed by atoms with E-state index in [9.17, 15) is 4.79 Å². The average molecular weight is 229 g/mol. The van der Waals surface area contributed by atoms with Gasteiger partial charge in [0.15, 0.2) is 0 Å². The molecule has 2 nitrogen and oxygen atoms in total. The van der Waals surface area contributed by atoms with Crippen molar-refractivity contribution in [2.75, 3.05) is 0 Å². The smallest absolute Gasteiger partial charge is 0.120 e. The van der Waals surface area contributed by atoms with Crippen molar-refractivity contribution in [3.05, 3.63) is 28.2 Å². The van der Waals surface area contributed by atoms with E-state index in [0.717, 1.165) is 16.3 Å². The minimum absolute atomic E-state index is 0.233. The van der Waals surface area contributed by atoms with Crippen LogP contribution in [0.25, 0.3) is 0 Å². The van der Waals surface area contributed by atoms with Crippen molar-refractivity contribution in [2.45, 2.75) is 12.8 Å². The number of aryl methyl sites for hydroxylation is 1. The molecule has 12 heavy (non-hydrogen) atoms. The van der Waals surface area contributed by atoms with E-state index in [1.54, 1.807) is 12.1 Å². The van der Waals surface area contributed by atoms with Gasteiger partial charge < -0.3 is 9.90 Å². The summed E-state index contributed by atoms with van der Waals surface area (Å²) in [7, 11) is 0. The van der Waals surface area contributed by atoms with Crippen LogP contribution in [0.15, 0.2) is 22.7 Å². The maximum atomic E-state index is 10.1. The lowest BCUT2D eigenvalue weighted by molar-refractivity contribution is -0.107. The largest absolute Gasteiger partial charge is 0.508 e. The molecule has 0 aromatic heterocycles. The number of hydrogen-bond acceptors (Lipinski definition) is 2. The first-order valence-electron chi connectivity index (χ1n) is 3.65. The maximum Gasteiger partial charge on any atom is 0.120 e. The molecule has 0 amide bonds. The van der Waals surface area contributed by atoms with Crippen LogP contribution in [0.4, 0.5) is 0 Å². The molecule has 1 rings (SSSR count). The van der Waals surface area contributed by atoms with Crippen molar-refractivity contribution in [2.24, 2.45) is 0 Å². The number of carbonyl (C=O) groups is 1. The van der Waals surface area contributed by atoms with Gasteiger partial charge in [-0.1, -0.05) is 22.0 Å². The zero-order valence-corrected chi connectivity index (χ0v) is 8.04. The van der Waals surface area contributed by atoms with Crippen LogP contribution in [0.5, 0.6) is 5.75 Å². The number of phenols is 1. The van der Waals surface area contributed by atoms with E-state index in [1.807, 2.05) is 6.07 Å². The minimum atomic E-state index is 0.233. The summed E-state index contributed by atoms with van der Waals surface area (Å²) in [6, 6.07) is 5.05. The second-order valence-electron chi connectivity index (χ2n) is 2.48. The lowest BCUT2D eigenvalue weighted by Gasteiger charge is -2.01. The number of aromatic hydroxyl groups is 1. The van der Waals surface area contributed by atoms with Gasteiger partial charge in [-0.2, -0.15) is 0 Å². The normalized spacial score (nSPS) is 9.75. The molecule has 0 radical (unpaired) electrons. The quantitative estimate of drug-likeness (QED) is 0.807. The lowest BCUT2D eigenvalue weighted by Crippen LogP contribution is -1.87. The Morgan fingerprint density at radius 1 is 1.50 bits per heavy atom. The molecule has 0 spiro atoms. The molecule has 1 aromatic rings. The molecule has 0 heterocycles. The summed E-state index contributed by atoms with van der Waals surface area (Å²) < 4.78 is 0.851. The van der Waals surface area contributed by atoms with Gasteiger partial charge >= 0.3 is 0 Å². The maximum absolute atomic E-state index is 10.1. The summed E-state index contributed by atoms with van der Waals surface area (Å²) in [5, 5.41) is 9.06. The van der Waals surface area contributed by atoms with Crippen LogP contribution in [-0.4, -0.2) is 11.4 Å². The SMILES string of the molecule is O=CCCc1ccc(O)cc1Br. The van der Waals surface area contributed by atoms with Gasteiger partial charge in [-0.15, -0.1) is 0 Å². The van der Waals surface area contributed by atoms with Crippen LogP contribution >= 0.6 is 15.9 Å². The summed E-state index contributed by atoms with van der Waals surface area (Å²) in [4.78, 5) is 10.1. The van der Waals surface area contributed by atoms with Gasteiger partial charge in [-0.3, -0.25) is 0 Å². The number of hydrogen-bond donors (Lipinski definition) is 1. The molecule has 0 aliphatic rings. The highest BCUT2D eigenvalue weighted by molar-refractivity contribution is 9.10. The fourth-order valence-electron chi connectivity index (χ4n) is 0.953. The van der Waals surface area contributed by atoms with E-state index in [2.05, 4.69) is 15.9 Å². The summed E-state index contributed by atoms with van der Waals surface area (Å²) in [5.41, 5.74) is 1.04. The number of halogens is 1. The molecule has 3 heteroatoms. The zero-order valence-electron chi connectivity index (χ0n) is 6.46. The predicted octanol–water partition coefficient (Wildman–Crippen LogP) is 2.29. The van der Waals surface area contributed by atoms with Crippen molar-refractivity contribution in [1.82, 2.24) is 0 Å². The molecule has 1 N–H and O–H groups in total. The van der Waals surface area contributed by atoms with Crippen LogP contribution in [0.1, 0.15) is 12.0 Å². The van der Waals surface area contributed by atoms with Gasteiger partial charge in [0.1, 0.15) is 12.0 Å². The number of phenolic OH excluding ortho intramolecular Hbond substituents is 1. The molecule has 0 atom stereocenters. The third-order valence-corrected chi connectivity index (χ3v) is 2.31. The second kappa shape index (κ2) is 4.26. The van der Waals surface area contributed by atoms with E-state index < -0.39 is 0 Å². The van der Waals surface area contributed by atoms with Crippen molar-refractivity contribution in [3.63, 3.8) is 0 Å². The highest BCUT2D eigenvalue weighted by Crippen LogP contribution is 2.22. The van der Waals surface area contributed by atoms with Gasteiger partial charge in [0.2, 0.25) is 0 Å². The van der Waals surface area contributed by atoms with E-state index in [0.29, 0.717) is 12.8 Å². The van der Waals surface area contributed by atoms with Crippen LogP contribution in [0.2, 0.25) is 0 Å². The summed E-state index contributed by atoms with van der Waals surface area (Å²) in [5.74, 6) is 0.233. The molecule has 1 aromatic carbocycles. The first kappa shape index (κ1) is 9.26. The van der Waals surface area contributed by atoms with Crippen molar-refractivity contribution in [3.8, 4) is 5.75 Å². The van der Waals surface area contributed by atoms with Gasteiger partial charge in [0, 0.05) is 10.9 Å². The first-order chi connectivity index (χ1) is 5.74. The second-order valence-corrected chi connectivity index (χ2v) is 3.34. The molecule has 0 aliphatic heterocycles. The first-order valence-corrected chi connectivity index (χ1v) is 4.44. The molecular weight excluding hydrogens is 220 g/mol. The number of rotatable bonds is 3. The highest BCUT2D eigenvalue weighted by Gasteiger charge is 1.99. The highest BCUT2D eigenvalue weighted by atomic mass is 79.9. The molecular formula is C9H9BrO2. The summed E-state index contributed by atoms with van der Waals surface area (Å²) in [6.07, 6.45) is 2.12. The fraction of sp³-hybridized carbons (Fsp3) is 0.222. The Morgan fingerprint density at radius 3 is 2.83 bits per heavy atom. The van der Waals surface area contributed by atoms with E-state index >= 15 is 0 Å². The monoisotopic (exact) mass is 228 g/mol. The van der Waals surface area contributed by atoms with Gasteiger partial charge in [-0.05, 0) is 24.1 Å². The minimum Gasteiger partial charge on any atom is -0.508 e. The third kappa shape index (κ3) is 2.34. The Bertz CT molecular complexity index is 284. The van der Waals surface area contributed by atoms with Crippen molar-refractivity contribution in [1.29, 1.82) is 0 Å². The Balaban J connectivity index is 2.78. The number of aldehydes is 1. The van der Waals surface area contributed by atoms with Crippen molar-refractivity contribution >= 4 is 22.2 Å². The number of carbonyl (C=O) groups excluding carboxylic acids is 1. The Labute approximate surface area is 79.3 Å². The Morgan fingerprint density at radius 2 is 2.25 bits per heavy atom. The van der Waals surface area contributed by atoms with Crippen molar-refractivity contribution < 1.29 is 9.90 Å². The summed E-state index contributed by atoms with van der Waals surface area (Å²) in [6.45, 7) is 0. The topological polar surface area (TPSA) is 37.3 Å². The van der Waals surface area contributed by atoms with Crippen LogP contribution in [-0.2, 0) is 11.2 Å².